The van der Waals surface area contributed by atoms with E-state index in [1.807, 2.05) is 17.1 Å². The molecule has 2 aliphatic heterocycles. The van der Waals surface area contributed by atoms with Gasteiger partial charge in [-0.05, 0) is 19.9 Å². The number of nitrogens with two attached hydrogens (primary N) is 1. The highest BCUT2D eigenvalue weighted by molar-refractivity contribution is 5.80. The van der Waals surface area contributed by atoms with Crippen molar-refractivity contribution in [2.75, 3.05) is 5.32 Å². The van der Waals surface area contributed by atoms with Gasteiger partial charge >= 0.3 is 0 Å². The number of nitrogens with one attached hydrogen (secondary N) is 2. The molecule has 84 valence electrons. The van der Waals surface area contributed by atoms with Gasteiger partial charge in [-0.1, -0.05) is 18.2 Å². The van der Waals surface area contributed by atoms with E-state index in [1.54, 1.807) is 0 Å². The zero-order valence-corrected chi connectivity index (χ0v) is 9.36. The first-order valence-corrected chi connectivity index (χ1v) is 5.34. The first-order valence-electron chi connectivity index (χ1n) is 5.34. The SMILES string of the molecule is CC1(C)Nc2ccccc2C2N=C(N)NN21. The van der Waals surface area contributed by atoms with E-state index >= 15 is 0 Å². The highest BCUT2D eigenvalue weighted by Crippen LogP contribution is 2.39. The Morgan fingerprint density at radius 2 is 2.12 bits per heavy atom. The molecule has 0 saturated carbocycles. The molecule has 0 radical (unpaired) electrons. The van der Waals surface area contributed by atoms with Gasteiger partial charge in [-0.3, -0.25) is 5.43 Å². The van der Waals surface area contributed by atoms with Crippen molar-refractivity contribution in [2.24, 2.45) is 10.7 Å². The minimum Gasteiger partial charge on any atom is -0.369 e. The van der Waals surface area contributed by atoms with Gasteiger partial charge in [-0.2, -0.15) is 5.01 Å². The van der Waals surface area contributed by atoms with Gasteiger partial charge in [0.15, 0.2) is 6.17 Å². The summed E-state index contributed by atoms with van der Waals surface area (Å²) >= 11 is 0. The van der Waals surface area contributed by atoms with E-state index in [0.717, 1.165) is 11.3 Å². The van der Waals surface area contributed by atoms with E-state index in [1.165, 1.54) is 0 Å². The van der Waals surface area contributed by atoms with Crippen LogP contribution in [0.25, 0.3) is 0 Å². The lowest BCUT2D eigenvalue weighted by Gasteiger charge is -2.44. The van der Waals surface area contributed by atoms with Crippen LogP contribution >= 0.6 is 0 Å². The zero-order chi connectivity index (χ0) is 11.3. The van der Waals surface area contributed by atoms with Crippen molar-refractivity contribution in [3.8, 4) is 0 Å². The fraction of sp³-hybridized carbons (Fsp3) is 0.364. The smallest absolute Gasteiger partial charge is 0.205 e. The third kappa shape index (κ3) is 1.18. The maximum Gasteiger partial charge on any atom is 0.205 e. The van der Waals surface area contributed by atoms with Crippen molar-refractivity contribution in [3.63, 3.8) is 0 Å². The highest BCUT2D eigenvalue weighted by atomic mass is 15.7. The normalized spacial score (nSPS) is 26.1. The zero-order valence-electron chi connectivity index (χ0n) is 9.36. The molecule has 0 aliphatic carbocycles. The molecule has 2 aliphatic rings. The molecule has 0 aromatic heterocycles. The fourth-order valence-electron chi connectivity index (χ4n) is 2.28. The Hall–Kier alpha value is -1.75. The predicted molar refractivity (Wildman–Crippen MR) is 63.5 cm³/mol. The first-order chi connectivity index (χ1) is 7.58. The van der Waals surface area contributed by atoms with Crippen molar-refractivity contribution in [1.29, 1.82) is 0 Å². The number of para-hydroxylation sites is 1. The maximum absolute atomic E-state index is 5.74. The molecule has 0 spiro atoms. The highest BCUT2D eigenvalue weighted by Gasteiger charge is 2.42. The van der Waals surface area contributed by atoms with Gasteiger partial charge in [0.25, 0.3) is 0 Å². The number of anilines is 1. The number of aliphatic imine (C=N–C) groups is 1. The molecule has 1 atom stereocenters. The lowest BCUT2D eigenvalue weighted by atomic mass is 10.0. The molecule has 5 nitrogen and oxygen atoms in total. The monoisotopic (exact) mass is 217 g/mol. The fourth-order valence-corrected chi connectivity index (χ4v) is 2.28. The van der Waals surface area contributed by atoms with Crippen LogP contribution in [-0.4, -0.2) is 16.6 Å². The molecule has 1 aromatic rings. The second-order valence-electron chi connectivity index (χ2n) is 4.64. The van der Waals surface area contributed by atoms with E-state index < -0.39 is 0 Å². The number of hydrogen-bond acceptors (Lipinski definition) is 5. The lowest BCUT2D eigenvalue weighted by molar-refractivity contribution is 0.0691. The molecule has 1 aromatic carbocycles. The van der Waals surface area contributed by atoms with Gasteiger partial charge in [0.05, 0.1) is 0 Å². The number of hydrazine groups is 1. The number of nitrogens with zero attached hydrogens (tertiary/aromatic N) is 2. The van der Waals surface area contributed by atoms with Crippen molar-refractivity contribution >= 4 is 11.6 Å². The second kappa shape index (κ2) is 2.89. The Balaban J connectivity index is 2.14. The summed E-state index contributed by atoms with van der Waals surface area (Å²) in [5.41, 5.74) is 10.9. The number of fused-ring (bicyclic) bond motifs is 3. The van der Waals surface area contributed by atoms with Crippen LogP contribution in [0.1, 0.15) is 25.6 Å². The van der Waals surface area contributed by atoms with Crippen LogP contribution < -0.4 is 16.5 Å². The molecule has 3 rings (SSSR count). The minimum atomic E-state index is -0.219. The summed E-state index contributed by atoms with van der Waals surface area (Å²) < 4.78 is 0. The Bertz CT molecular complexity index is 465. The van der Waals surface area contributed by atoms with Gasteiger partial charge in [0.1, 0.15) is 5.66 Å². The van der Waals surface area contributed by atoms with E-state index in [2.05, 4.69) is 41.7 Å². The summed E-state index contributed by atoms with van der Waals surface area (Å²) in [5.74, 6) is 0.469. The molecule has 16 heavy (non-hydrogen) atoms. The van der Waals surface area contributed by atoms with Crippen LogP contribution in [0.4, 0.5) is 5.69 Å². The van der Waals surface area contributed by atoms with Gasteiger partial charge in [0, 0.05) is 11.3 Å². The molecule has 0 fully saturated rings. The summed E-state index contributed by atoms with van der Waals surface area (Å²) in [6.07, 6.45) is -0.0348. The molecule has 0 saturated heterocycles. The number of guanidine groups is 1. The molecule has 4 N–H and O–H groups in total. The Kier molecular flexibility index (Phi) is 1.71. The molecule has 0 bridgehead atoms. The van der Waals surface area contributed by atoms with E-state index in [0.29, 0.717) is 5.96 Å². The van der Waals surface area contributed by atoms with Crippen molar-refractivity contribution in [1.82, 2.24) is 10.4 Å². The number of benzene rings is 1. The molecule has 5 heteroatoms. The van der Waals surface area contributed by atoms with E-state index in [4.69, 9.17) is 5.73 Å². The van der Waals surface area contributed by atoms with Crippen LogP contribution in [0.5, 0.6) is 0 Å². The largest absolute Gasteiger partial charge is 0.369 e. The third-order valence-corrected chi connectivity index (χ3v) is 3.02. The molecular weight excluding hydrogens is 202 g/mol. The molecule has 2 heterocycles. The quantitative estimate of drug-likeness (QED) is 0.606. The van der Waals surface area contributed by atoms with Crippen LogP contribution in [0.15, 0.2) is 29.3 Å². The summed E-state index contributed by atoms with van der Waals surface area (Å²) in [6.45, 7) is 4.19. The topological polar surface area (TPSA) is 65.7 Å². The molecule has 1 unspecified atom stereocenters. The van der Waals surface area contributed by atoms with Crippen LogP contribution in [0, 0.1) is 0 Å². The van der Waals surface area contributed by atoms with Crippen LogP contribution in [-0.2, 0) is 0 Å². The summed E-state index contributed by atoms with van der Waals surface area (Å²) in [7, 11) is 0. The Morgan fingerprint density at radius 1 is 1.38 bits per heavy atom. The second-order valence-corrected chi connectivity index (χ2v) is 4.64. The molecular formula is C11H15N5. The van der Waals surface area contributed by atoms with Crippen molar-refractivity contribution in [3.05, 3.63) is 29.8 Å². The van der Waals surface area contributed by atoms with Gasteiger partial charge in [-0.15, -0.1) is 0 Å². The summed E-state index contributed by atoms with van der Waals surface area (Å²) in [4.78, 5) is 4.42. The Labute approximate surface area is 94.3 Å². The number of hydrogen-bond donors (Lipinski definition) is 3. The van der Waals surface area contributed by atoms with Crippen LogP contribution in [0.3, 0.4) is 0 Å². The van der Waals surface area contributed by atoms with E-state index in [9.17, 15) is 0 Å². The minimum absolute atomic E-state index is 0.0348. The van der Waals surface area contributed by atoms with E-state index in [-0.39, 0.29) is 11.8 Å². The van der Waals surface area contributed by atoms with Crippen molar-refractivity contribution in [2.45, 2.75) is 25.7 Å². The average Bonchev–Trinajstić information content (AvgIpc) is 2.61. The van der Waals surface area contributed by atoms with Gasteiger partial charge < -0.3 is 11.1 Å². The molecule has 0 amide bonds. The lowest BCUT2D eigenvalue weighted by Crippen LogP contribution is -2.58. The average molecular weight is 217 g/mol. The number of rotatable bonds is 0. The first kappa shape index (κ1) is 9.47. The van der Waals surface area contributed by atoms with Crippen molar-refractivity contribution < 1.29 is 0 Å². The van der Waals surface area contributed by atoms with Crippen LogP contribution in [0.2, 0.25) is 0 Å². The maximum atomic E-state index is 5.74. The third-order valence-electron chi connectivity index (χ3n) is 3.02. The Morgan fingerprint density at radius 3 is 2.94 bits per heavy atom. The standard InChI is InChI=1S/C11H15N5/c1-11(2)14-8-6-4-3-5-7(8)9-13-10(12)15-16(9)11/h3-6,9,14H,1-2H3,(H3,12,13,15). The van der Waals surface area contributed by atoms with Gasteiger partial charge in [-0.25, -0.2) is 4.99 Å². The predicted octanol–water partition coefficient (Wildman–Crippen LogP) is 0.982. The summed E-state index contributed by atoms with van der Waals surface area (Å²) in [6, 6.07) is 8.17. The van der Waals surface area contributed by atoms with Gasteiger partial charge in [0.2, 0.25) is 5.96 Å². The summed E-state index contributed by atoms with van der Waals surface area (Å²) in [5, 5.41) is 5.50.